The van der Waals surface area contributed by atoms with Crippen molar-refractivity contribution in [2.24, 2.45) is 5.28 Å². The molecule has 0 aromatic heterocycles. The zero-order valence-corrected chi connectivity index (χ0v) is 15.0. The van der Waals surface area contributed by atoms with Crippen molar-refractivity contribution in [1.29, 1.82) is 0 Å². The minimum absolute atomic E-state index is 0.0986. The molecule has 1 heterocycles. The van der Waals surface area contributed by atoms with Gasteiger partial charge in [-0.3, -0.25) is 25.1 Å². The van der Waals surface area contributed by atoms with E-state index in [-0.39, 0.29) is 31.2 Å². The van der Waals surface area contributed by atoms with Crippen molar-refractivity contribution in [3.8, 4) is 18.1 Å². The van der Waals surface area contributed by atoms with Crippen LogP contribution in [0.4, 0.5) is 16.2 Å². The first-order chi connectivity index (χ1) is 13.8. The molecule has 1 saturated heterocycles. The Kier molecular flexibility index (Phi) is 7.07. The van der Waals surface area contributed by atoms with Gasteiger partial charge in [-0.15, -0.1) is 11.4 Å². The van der Waals surface area contributed by atoms with Gasteiger partial charge >= 0.3 is 11.8 Å². The van der Waals surface area contributed by atoms with Crippen LogP contribution in [0.25, 0.3) is 0 Å². The van der Waals surface area contributed by atoms with Gasteiger partial charge in [-0.25, -0.2) is 4.79 Å². The summed E-state index contributed by atoms with van der Waals surface area (Å²) in [5.74, 6) is 1.75. The van der Waals surface area contributed by atoms with Gasteiger partial charge in [-0.1, -0.05) is 5.92 Å². The molecule has 1 amide bonds. The highest BCUT2D eigenvalue weighted by molar-refractivity contribution is 5.67. The molecule has 0 N–H and O–H groups in total. The lowest BCUT2D eigenvalue weighted by Crippen LogP contribution is -2.37. The van der Waals surface area contributed by atoms with Gasteiger partial charge in [-0.05, 0) is 12.5 Å². The van der Waals surface area contributed by atoms with Gasteiger partial charge in [-0.2, -0.15) is 0 Å². The van der Waals surface area contributed by atoms with Gasteiger partial charge in [0.05, 0.1) is 34.0 Å². The average molecular weight is 408 g/mol. The number of hydrogen-bond acceptors (Lipinski definition) is 9. The molecule has 0 aliphatic carbocycles. The third kappa shape index (κ3) is 5.66. The fourth-order valence-electron chi connectivity index (χ4n) is 2.42. The van der Waals surface area contributed by atoms with Crippen molar-refractivity contribution in [2.75, 3.05) is 32.8 Å². The second-order valence-electron chi connectivity index (χ2n) is 5.64. The number of ether oxygens (including phenoxy) is 1. The fourth-order valence-corrected chi connectivity index (χ4v) is 2.42. The average Bonchev–Trinajstić information content (AvgIpc) is 2.96. The van der Waals surface area contributed by atoms with Gasteiger partial charge in [0.25, 0.3) is 5.69 Å². The number of amides is 1. The number of terminal acetylenes is 1. The lowest BCUT2D eigenvalue weighted by Gasteiger charge is -2.19. The van der Waals surface area contributed by atoms with Crippen molar-refractivity contribution in [3.05, 3.63) is 43.6 Å². The summed E-state index contributed by atoms with van der Waals surface area (Å²) in [4.78, 5) is 38.2. The van der Waals surface area contributed by atoms with Crippen molar-refractivity contribution in [1.82, 2.24) is 9.91 Å². The number of carbonyl (C=O) groups excluding carboxylic acids is 1. The van der Waals surface area contributed by atoms with E-state index in [0.717, 1.165) is 12.1 Å². The summed E-state index contributed by atoms with van der Waals surface area (Å²) < 4.78 is 4.83. The van der Waals surface area contributed by atoms with E-state index in [2.05, 4.69) is 11.2 Å². The van der Waals surface area contributed by atoms with Crippen LogP contribution in [0.3, 0.4) is 0 Å². The molecule has 0 bridgehead atoms. The number of nitro groups is 2. The van der Waals surface area contributed by atoms with Crippen LogP contribution in [-0.2, 0) is 4.74 Å². The third-order valence-corrected chi connectivity index (χ3v) is 3.81. The van der Waals surface area contributed by atoms with Crippen LogP contribution in [0.1, 0.15) is 6.42 Å². The van der Waals surface area contributed by atoms with E-state index in [1.807, 2.05) is 0 Å². The summed E-state index contributed by atoms with van der Waals surface area (Å²) in [5, 5.41) is 38.4. The van der Waals surface area contributed by atoms with Gasteiger partial charge in [0.15, 0.2) is 6.61 Å². The van der Waals surface area contributed by atoms with Gasteiger partial charge in [0.2, 0.25) is 11.0 Å². The highest BCUT2D eigenvalue weighted by Gasteiger charge is 2.25. The van der Waals surface area contributed by atoms with Crippen molar-refractivity contribution < 1.29 is 29.2 Å². The number of nitrogens with zero attached hydrogens (tertiary/aromatic N) is 6. The van der Waals surface area contributed by atoms with Crippen LogP contribution in [0.5, 0.6) is 5.75 Å². The second kappa shape index (κ2) is 9.69. The van der Waals surface area contributed by atoms with Crippen LogP contribution >= 0.6 is 0 Å². The number of hydrazine groups is 1. The summed E-state index contributed by atoms with van der Waals surface area (Å²) >= 11 is 0. The molecule has 1 aliphatic rings. The maximum absolute atomic E-state index is 12.1. The Bertz CT molecular complexity index is 867. The van der Waals surface area contributed by atoms with E-state index in [0.29, 0.717) is 19.0 Å². The van der Waals surface area contributed by atoms with Crippen molar-refractivity contribution in [3.63, 3.8) is 0 Å². The number of hydrogen-bond donors (Lipinski definition) is 0. The van der Waals surface area contributed by atoms with E-state index in [1.165, 1.54) is 9.91 Å². The summed E-state index contributed by atoms with van der Waals surface area (Å²) in [5.41, 5.74) is -1.22. The molecule has 0 saturated carbocycles. The smallest absolute Gasteiger partial charge is 0.410 e. The molecule has 0 atom stereocenters. The Morgan fingerprint density at radius 1 is 1.17 bits per heavy atom. The number of carbonyl (C=O) groups is 1. The zero-order chi connectivity index (χ0) is 21.4. The van der Waals surface area contributed by atoms with E-state index < -0.39 is 33.1 Å². The lowest BCUT2D eigenvalue weighted by molar-refractivity contribution is -0.706. The number of benzene rings is 1. The summed E-state index contributed by atoms with van der Waals surface area (Å²) in [6.45, 7) is 0.670. The molecule has 154 valence electrons. The first-order valence-electron chi connectivity index (χ1n) is 8.21. The summed E-state index contributed by atoms with van der Waals surface area (Å²) in [6, 6.07) is 2.66. The van der Waals surface area contributed by atoms with Crippen LogP contribution in [0, 0.1) is 37.8 Å². The summed E-state index contributed by atoms with van der Waals surface area (Å²) in [6.07, 6.45) is 4.86. The monoisotopic (exact) mass is 408 g/mol. The maximum atomic E-state index is 12.1. The Labute approximate surface area is 163 Å². The van der Waals surface area contributed by atoms with Crippen molar-refractivity contribution >= 4 is 17.5 Å². The minimum Gasteiger partial charge on any atom is -0.569 e. The molecule has 1 aromatic rings. The Morgan fingerprint density at radius 2 is 1.93 bits per heavy atom. The fraction of sp³-hybridized carbons (Fsp3) is 0.400. The normalized spacial score (nSPS) is 14.5. The van der Waals surface area contributed by atoms with Crippen LogP contribution in [0.15, 0.2) is 23.5 Å². The molecule has 2 rings (SSSR count). The van der Waals surface area contributed by atoms with E-state index in [9.17, 15) is 30.2 Å². The Hall–Kier alpha value is -4.15. The minimum atomic E-state index is -0.890. The number of nitro benzene ring substituents is 2. The molecule has 1 fully saturated rings. The topological polar surface area (TPSA) is 167 Å². The zero-order valence-electron chi connectivity index (χ0n) is 15.0. The van der Waals surface area contributed by atoms with E-state index >= 15 is 0 Å². The predicted molar refractivity (Wildman–Crippen MR) is 94.4 cm³/mol. The molecule has 14 nitrogen and oxygen atoms in total. The molecular weight excluding hydrogens is 392 g/mol. The number of rotatable bonds is 6. The molecule has 14 heteroatoms. The van der Waals surface area contributed by atoms with Crippen LogP contribution in [-0.4, -0.2) is 63.6 Å². The van der Waals surface area contributed by atoms with Gasteiger partial charge < -0.3 is 14.8 Å². The quantitative estimate of drug-likeness (QED) is 0.222. The molecule has 1 aliphatic heterocycles. The molecule has 0 radical (unpaired) electrons. The molecule has 0 unspecified atom stereocenters. The van der Waals surface area contributed by atoms with Crippen molar-refractivity contribution in [2.45, 2.75) is 6.42 Å². The predicted octanol–water partition coefficient (Wildman–Crippen LogP) is 1.45. The van der Waals surface area contributed by atoms with Crippen LogP contribution in [0.2, 0.25) is 0 Å². The van der Waals surface area contributed by atoms with Gasteiger partial charge in [0, 0.05) is 19.2 Å². The molecule has 1 aromatic carbocycles. The summed E-state index contributed by atoms with van der Waals surface area (Å²) in [7, 11) is 0. The van der Waals surface area contributed by atoms with E-state index in [4.69, 9.17) is 16.0 Å². The third-order valence-electron chi connectivity index (χ3n) is 3.81. The first-order valence-corrected chi connectivity index (χ1v) is 8.21. The SMILES string of the molecule is C#CCOC(=O)N1CCCN(/[N+]([O-])=N/Oc2ccc([N+](=O)[O-])cc2[N+](=O)[O-])CC1. The molecule has 0 spiro atoms. The Morgan fingerprint density at radius 3 is 2.59 bits per heavy atom. The molecular formula is C15H16N6O8. The lowest BCUT2D eigenvalue weighted by atomic mass is 10.2. The van der Waals surface area contributed by atoms with E-state index in [1.54, 1.807) is 0 Å². The molecule has 29 heavy (non-hydrogen) atoms. The maximum Gasteiger partial charge on any atom is 0.410 e. The highest BCUT2D eigenvalue weighted by Crippen LogP contribution is 2.31. The van der Waals surface area contributed by atoms with Gasteiger partial charge in [0.1, 0.15) is 0 Å². The number of non-ortho nitro benzene ring substituents is 1. The standard InChI is InChI=1S/C15H16N6O8/c1-2-10-28-15(22)17-6-3-7-18(9-8-17)21(27)16-29-14-5-4-12(19(23)24)11-13(14)20(25)26/h1,4-5,11H,3,6-10H2/b21-16-. The largest absolute Gasteiger partial charge is 0.569 e. The second-order valence-corrected chi connectivity index (χ2v) is 5.64. The Balaban J connectivity index is 2.05. The highest BCUT2D eigenvalue weighted by atomic mass is 16.7. The van der Waals surface area contributed by atoms with Crippen LogP contribution < -0.4 is 4.84 Å². The first kappa shape index (κ1) is 21.2.